The van der Waals surface area contributed by atoms with Crippen molar-refractivity contribution in [3.05, 3.63) is 33.8 Å². The monoisotopic (exact) mass is 267 g/mol. The summed E-state index contributed by atoms with van der Waals surface area (Å²) in [4.78, 5) is 0. The van der Waals surface area contributed by atoms with Gasteiger partial charge in [0.25, 0.3) is 0 Å². The van der Waals surface area contributed by atoms with E-state index in [1.165, 1.54) is 30.4 Å². The highest BCUT2D eigenvalue weighted by Crippen LogP contribution is 2.38. The first kappa shape index (κ1) is 11.2. The van der Waals surface area contributed by atoms with E-state index in [0.29, 0.717) is 5.92 Å². The molecule has 0 saturated carbocycles. The first-order valence-electron chi connectivity index (χ1n) is 5.55. The SMILES string of the molecule is CC(C)(N)C1CCCc2ccc(Br)cc21. The molecule has 0 saturated heterocycles. The Hall–Kier alpha value is -0.340. The fourth-order valence-electron chi connectivity index (χ4n) is 2.54. The van der Waals surface area contributed by atoms with E-state index in [9.17, 15) is 0 Å². The molecule has 2 rings (SSSR count). The molecule has 1 aliphatic rings. The van der Waals surface area contributed by atoms with Gasteiger partial charge in [-0.3, -0.25) is 0 Å². The minimum Gasteiger partial charge on any atom is -0.325 e. The number of hydrogen-bond acceptors (Lipinski definition) is 1. The fourth-order valence-corrected chi connectivity index (χ4v) is 2.92. The van der Waals surface area contributed by atoms with Crippen molar-refractivity contribution >= 4 is 15.9 Å². The topological polar surface area (TPSA) is 26.0 Å². The Labute approximate surface area is 100 Å². The van der Waals surface area contributed by atoms with Crippen LogP contribution in [0.5, 0.6) is 0 Å². The smallest absolute Gasteiger partial charge is 0.0178 e. The molecule has 1 atom stereocenters. The van der Waals surface area contributed by atoms with Gasteiger partial charge in [-0.2, -0.15) is 0 Å². The van der Waals surface area contributed by atoms with Crippen LogP contribution in [-0.2, 0) is 6.42 Å². The summed E-state index contributed by atoms with van der Waals surface area (Å²) in [7, 11) is 0. The van der Waals surface area contributed by atoms with Crippen molar-refractivity contribution in [1.82, 2.24) is 0 Å². The van der Waals surface area contributed by atoms with E-state index < -0.39 is 0 Å². The van der Waals surface area contributed by atoms with Crippen molar-refractivity contribution in [3.63, 3.8) is 0 Å². The molecule has 15 heavy (non-hydrogen) atoms. The van der Waals surface area contributed by atoms with Crippen molar-refractivity contribution in [2.75, 3.05) is 0 Å². The molecule has 0 aromatic heterocycles. The second-order valence-electron chi connectivity index (χ2n) is 5.11. The molecule has 82 valence electrons. The van der Waals surface area contributed by atoms with Crippen LogP contribution >= 0.6 is 15.9 Å². The van der Waals surface area contributed by atoms with Crippen LogP contribution in [0.25, 0.3) is 0 Å². The van der Waals surface area contributed by atoms with Crippen LogP contribution in [-0.4, -0.2) is 5.54 Å². The summed E-state index contributed by atoms with van der Waals surface area (Å²) in [6.45, 7) is 4.27. The maximum atomic E-state index is 6.26. The molecule has 1 aromatic carbocycles. The zero-order valence-corrected chi connectivity index (χ0v) is 11.0. The number of benzene rings is 1. The molecule has 0 radical (unpaired) electrons. The third-order valence-electron chi connectivity index (χ3n) is 3.32. The predicted molar refractivity (Wildman–Crippen MR) is 68.1 cm³/mol. The van der Waals surface area contributed by atoms with Gasteiger partial charge in [-0.1, -0.05) is 22.0 Å². The van der Waals surface area contributed by atoms with Crippen LogP contribution in [0.3, 0.4) is 0 Å². The number of hydrogen-bond donors (Lipinski definition) is 1. The molecule has 0 amide bonds. The standard InChI is InChI=1S/C13H18BrN/c1-13(2,15)12-5-3-4-9-6-7-10(14)8-11(9)12/h6-8,12H,3-5,15H2,1-2H3. The van der Waals surface area contributed by atoms with Crippen LogP contribution in [0.15, 0.2) is 22.7 Å². The van der Waals surface area contributed by atoms with Crippen LogP contribution < -0.4 is 5.73 Å². The van der Waals surface area contributed by atoms with Crippen LogP contribution in [0.4, 0.5) is 0 Å². The Bertz CT molecular complexity index is 365. The maximum absolute atomic E-state index is 6.26. The quantitative estimate of drug-likeness (QED) is 0.827. The highest BCUT2D eigenvalue weighted by Gasteiger charge is 2.30. The lowest BCUT2D eigenvalue weighted by molar-refractivity contribution is 0.368. The lowest BCUT2D eigenvalue weighted by atomic mass is 9.73. The molecule has 0 bridgehead atoms. The molecule has 1 nitrogen and oxygen atoms in total. The average molecular weight is 268 g/mol. The molecule has 0 heterocycles. The lowest BCUT2D eigenvalue weighted by Crippen LogP contribution is -2.40. The Balaban J connectivity index is 2.45. The van der Waals surface area contributed by atoms with Crippen LogP contribution in [0, 0.1) is 0 Å². The van der Waals surface area contributed by atoms with Crippen LogP contribution in [0.2, 0.25) is 0 Å². The Morgan fingerprint density at radius 1 is 1.40 bits per heavy atom. The number of nitrogens with two attached hydrogens (primary N) is 1. The van der Waals surface area contributed by atoms with E-state index in [4.69, 9.17) is 5.73 Å². The fraction of sp³-hybridized carbons (Fsp3) is 0.538. The molecule has 0 fully saturated rings. The average Bonchev–Trinajstić information content (AvgIpc) is 2.15. The van der Waals surface area contributed by atoms with E-state index in [0.717, 1.165) is 4.47 Å². The first-order chi connectivity index (χ1) is 6.98. The van der Waals surface area contributed by atoms with E-state index in [1.54, 1.807) is 0 Å². The number of fused-ring (bicyclic) bond motifs is 1. The normalized spacial score (nSPS) is 21.2. The molecular weight excluding hydrogens is 250 g/mol. The van der Waals surface area contributed by atoms with Gasteiger partial charge in [0.15, 0.2) is 0 Å². The van der Waals surface area contributed by atoms with Gasteiger partial charge >= 0.3 is 0 Å². The van der Waals surface area contributed by atoms with Gasteiger partial charge in [0.2, 0.25) is 0 Å². The van der Waals surface area contributed by atoms with E-state index >= 15 is 0 Å². The summed E-state index contributed by atoms with van der Waals surface area (Å²) in [6.07, 6.45) is 3.68. The van der Waals surface area contributed by atoms with Crippen LogP contribution in [0.1, 0.15) is 43.7 Å². The zero-order valence-electron chi connectivity index (χ0n) is 9.39. The summed E-state index contributed by atoms with van der Waals surface area (Å²) in [6, 6.07) is 6.61. The summed E-state index contributed by atoms with van der Waals surface area (Å²) >= 11 is 3.54. The highest BCUT2D eigenvalue weighted by molar-refractivity contribution is 9.10. The van der Waals surface area contributed by atoms with Gasteiger partial charge < -0.3 is 5.73 Å². The Kier molecular flexibility index (Phi) is 2.91. The minimum absolute atomic E-state index is 0.115. The molecule has 0 spiro atoms. The summed E-state index contributed by atoms with van der Waals surface area (Å²) in [5.41, 5.74) is 9.07. The lowest BCUT2D eigenvalue weighted by Gasteiger charge is -2.35. The third kappa shape index (κ3) is 2.26. The van der Waals surface area contributed by atoms with Gasteiger partial charge in [-0.15, -0.1) is 0 Å². The summed E-state index contributed by atoms with van der Waals surface area (Å²) in [5.74, 6) is 0.499. The van der Waals surface area contributed by atoms with Crippen molar-refractivity contribution in [3.8, 4) is 0 Å². The molecule has 1 aliphatic carbocycles. The molecular formula is C13H18BrN. The number of aryl methyl sites for hydroxylation is 1. The van der Waals surface area contributed by atoms with E-state index in [2.05, 4.69) is 48.0 Å². The van der Waals surface area contributed by atoms with Gasteiger partial charge in [0.05, 0.1) is 0 Å². The molecule has 1 aromatic rings. The minimum atomic E-state index is -0.115. The van der Waals surface area contributed by atoms with Gasteiger partial charge in [-0.25, -0.2) is 0 Å². The van der Waals surface area contributed by atoms with Gasteiger partial charge in [0.1, 0.15) is 0 Å². The predicted octanol–water partition coefficient (Wildman–Crippen LogP) is 3.61. The zero-order chi connectivity index (χ0) is 11.1. The molecule has 2 N–H and O–H groups in total. The van der Waals surface area contributed by atoms with E-state index in [-0.39, 0.29) is 5.54 Å². The van der Waals surface area contributed by atoms with Gasteiger partial charge in [0, 0.05) is 15.9 Å². The molecule has 2 heteroatoms. The summed E-state index contributed by atoms with van der Waals surface area (Å²) < 4.78 is 1.16. The Morgan fingerprint density at radius 3 is 2.80 bits per heavy atom. The summed E-state index contributed by atoms with van der Waals surface area (Å²) in [5, 5.41) is 0. The van der Waals surface area contributed by atoms with Crippen molar-refractivity contribution in [1.29, 1.82) is 0 Å². The second-order valence-corrected chi connectivity index (χ2v) is 6.02. The third-order valence-corrected chi connectivity index (χ3v) is 3.81. The maximum Gasteiger partial charge on any atom is 0.0178 e. The number of rotatable bonds is 1. The second kappa shape index (κ2) is 3.91. The van der Waals surface area contributed by atoms with Crippen molar-refractivity contribution in [2.45, 2.75) is 44.6 Å². The largest absolute Gasteiger partial charge is 0.325 e. The first-order valence-corrected chi connectivity index (χ1v) is 6.35. The van der Waals surface area contributed by atoms with Crippen molar-refractivity contribution in [2.24, 2.45) is 5.73 Å². The van der Waals surface area contributed by atoms with E-state index in [1.807, 2.05) is 0 Å². The van der Waals surface area contributed by atoms with Crippen molar-refractivity contribution < 1.29 is 0 Å². The highest BCUT2D eigenvalue weighted by atomic mass is 79.9. The Morgan fingerprint density at radius 2 is 2.13 bits per heavy atom. The molecule has 0 aliphatic heterocycles. The number of halogens is 1. The molecule has 1 unspecified atom stereocenters. The van der Waals surface area contributed by atoms with Gasteiger partial charge in [-0.05, 0) is 56.4 Å².